The first-order valence-corrected chi connectivity index (χ1v) is 7.53. The Hall–Kier alpha value is -2.40. The Morgan fingerprint density at radius 1 is 1.09 bits per heavy atom. The van der Waals surface area contributed by atoms with Crippen molar-refractivity contribution in [1.29, 1.82) is 0 Å². The van der Waals surface area contributed by atoms with Crippen molar-refractivity contribution in [3.8, 4) is 0 Å². The van der Waals surface area contributed by atoms with Crippen LogP contribution in [0.1, 0.15) is 15.9 Å². The number of carbonyl (C=O) groups excluding carboxylic acids is 1. The van der Waals surface area contributed by atoms with E-state index in [0.717, 1.165) is 15.4 Å². The smallest absolute Gasteiger partial charge is 0.255 e. The topological polar surface area (TPSA) is 62.0 Å². The molecule has 0 aliphatic rings. The summed E-state index contributed by atoms with van der Waals surface area (Å²) < 4.78 is 0.919. The molecule has 2 N–H and O–H groups in total. The highest BCUT2D eigenvalue weighted by molar-refractivity contribution is 9.10. The third-order valence-corrected chi connectivity index (χ3v) is 3.94. The zero-order valence-corrected chi connectivity index (χ0v) is 13.4. The van der Waals surface area contributed by atoms with E-state index in [1.807, 2.05) is 31.2 Å². The summed E-state index contributed by atoms with van der Waals surface area (Å²) in [5, 5.41) is 3.79. The van der Waals surface area contributed by atoms with Crippen LogP contribution in [-0.4, -0.2) is 10.9 Å². The number of aryl methyl sites for hydroxylation is 1. The average Bonchev–Trinajstić information content (AvgIpc) is 2.47. The Labute approximate surface area is 135 Å². The molecule has 5 heteroatoms. The summed E-state index contributed by atoms with van der Waals surface area (Å²) in [6.07, 6.45) is 0. The summed E-state index contributed by atoms with van der Waals surface area (Å²) in [6, 6.07) is 14.1. The summed E-state index contributed by atoms with van der Waals surface area (Å²) >= 11 is 3.34. The molecule has 0 saturated carbocycles. The van der Waals surface area contributed by atoms with Crippen molar-refractivity contribution in [2.75, 3.05) is 5.32 Å². The number of amides is 1. The second-order valence-electron chi connectivity index (χ2n) is 5.04. The fourth-order valence-electron chi connectivity index (χ4n) is 2.32. The third kappa shape index (κ3) is 2.94. The first-order valence-electron chi connectivity index (χ1n) is 6.73. The number of halogens is 1. The number of anilines is 1. The summed E-state index contributed by atoms with van der Waals surface area (Å²) in [5.74, 6) is -0.193. The molecular formula is C17H13BrN2O2. The zero-order valence-electron chi connectivity index (χ0n) is 11.8. The molecule has 0 aliphatic heterocycles. The van der Waals surface area contributed by atoms with Gasteiger partial charge in [-0.25, -0.2) is 0 Å². The van der Waals surface area contributed by atoms with Crippen molar-refractivity contribution in [1.82, 2.24) is 4.98 Å². The maximum absolute atomic E-state index is 12.2. The van der Waals surface area contributed by atoms with E-state index in [4.69, 9.17) is 0 Å². The molecule has 0 atom stereocenters. The van der Waals surface area contributed by atoms with Gasteiger partial charge in [-0.15, -0.1) is 0 Å². The number of nitrogens with one attached hydrogen (secondary N) is 2. The normalized spacial score (nSPS) is 10.6. The van der Waals surface area contributed by atoms with Crippen LogP contribution in [0, 0.1) is 6.92 Å². The highest BCUT2D eigenvalue weighted by Gasteiger charge is 2.07. The van der Waals surface area contributed by atoms with Crippen LogP contribution in [0.2, 0.25) is 0 Å². The van der Waals surface area contributed by atoms with Gasteiger partial charge in [0, 0.05) is 27.2 Å². The number of H-pyrrole nitrogens is 1. The SMILES string of the molecule is Cc1cc(=O)[nH]c2cc(NC(=O)c3ccc(Br)cc3)ccc12. The first-order chi connectivity index (χ1) is 10.5. The Morgan fingerprint density at radius 3 is 2.55 bits per heavy atom. The summed E-state index contributed by atoms with van der Waals surface area (Å²) in [5.41, 5.74) is 2.67. The van der Waals surface area contributed by atoms with Crippen LogP contribution in [0.4, 0.5) is 5.69 Å². The Morgan fingerprint density at radius 2 is 1.82 bits per heavy atom. The standard InChI is InChI=1S/C17H13BrN2O2/c1-10-8-16(21)20-15-9-13(6-7-14(10)15)19-17(22)11-2-4-12(18)5-3-11/h2-9H,1H3,(H,19,22)(H,20,21). The minimum absolute atomic E-state index is 0.151. The second kappa shape index (κ2) is 5.77. The molecule has 0 unspecified atom stereocenters. The molecular weight excluding hydrogens is 344 g/mol. The van der Waals surface area contributed by atoms with Gasteiger partial charge in [0.1, 0.15) is 0 Å². The number of hydrogen-bond donors (Lipinski definition) is 2. The Bertz CT molecular complexity index is 914. The Balaban J connectivity index is 1.92. The second-order valence-corrected chi connectivity index (χ2v) is 5.95. The lowest BCUT2D eigenvalue weighted by Gasteiger charge is -2.08. The summed E-state index contributed by atoms with van der Waals surface area (Å²) in [7, 11) is 0. The van der Waals surface area contributed by atoms with Gasteiger partial charge in [0.25, 0.3) is 5.91 Å². The third-order valence-electron chi connectivity index (χ3n) is 3.41. The van der Waals surface area contributed by atoms with E-state index in [1.54, 1.807) is 24.3 Å². The molecule has 0 spiro atoms. The lowest BCUT2D eigenvalue weighted by Crippen LogP contribution is -2.12. The number of rotatable bonds is 2. The van der Waals surface area contributed by atoms with Crippen LogP contribution in [0.3, 0.4) is 0 Å². The first kappa shape index (κ1) is 14.5. The van der Waals surface area contributed by atoms with Crippen molar-refractivity contribution in [3.63, 3.8) is 0 Å². The maximum Gasteiger partial charge on any atom is 0.255 e. The summed E-state index contributed by atoms with van der Waals surface area (Å²) in [6.45, 7) is 1.89. The molecule has 0 fully saturated rings. The quantitative estimate of drug-likeness (QED) is 0.732. The molecule has 4 nitrogen and oxygen atoms in total. The predicted octanol–water partition coefficient (Wildman–Crippen LogP) is 3.85. The van der Waals surface area contributed by atoms with Crippen LogP contribution in [0.25, 0.3) is 10.9 Å². The van der Waals surface area contributed by atoms with Crippen LogP contribution >= 0.6 is 15.9 Å². The minimum atomic E-state index is -0.193. The molecule has 22 heavy (non-hydrogen) atoms. The minimum Gasteiger partial charge on any atom is -0.322 e. The molecule has 1 heterocycles. The van der Waals surface area contributed by atoms with E-state index in [-0.39, 0.29) is 11.5 Å². The van der Waals surface area contributed by atoms with E-state index in [9.17, 15) is 9.59 Å². The van der Waals surface area contributed by atoms with Crippen molar-refractivity contribution in [2.24, 2.45) is 0 Å². The number of hydrogen-bond acceptors (Lipinski definition) is 2. The summed E-state index contributed by atoms with van der Waals surface area (Å²) in [4.78, 5) is 26.5. The highest BCUT2D eigenvalue weighted by atomic mass is 79.9. The highest BCUT2D eigenvalue weighted by Crippen LogP contribution is 2.20. The fourth-order valence-corrected chi connectivity index (χ4v) is 2.58. The van der Waals surface area contributed by atoms with Gasteiger partial charge in [-0.3, -0.25) is 9.59 Å². The molecule has 0 radical (unpaired) electrons. The average molecular weight is 357 g/mol. The van der Waals surface area contributed by atoms with Crippen LogP contribution in [-0.2, 0) is 0 Å². The largest absolute Gasteiger partial charge is 0.322 e. The molecule has 1 amide bonds. The monoisotopic (exact) mass is 356 g/mol. The maximum atomic E-state index is 12.2. The molecule has 0 aliphatic carbocycles. The van der Waals surface area contributed by atoms with E-state index < -0.39 is 0 Å². The van der Waals surface area contributed by atoms with E-state index in [2.05, 4.69) is 26.2 Å². The zero-order chi connectivity index (χ0) is 15.7. The number of pyridine rings is 1. The van der Waals surface area contributed by atoms with Gasteiger partial charge >= 0.3 is 0 Å². The van der Waals surface area contributed by atoms with Crippen molar-refractivity contribution < 1.29 is 4.79 Å². The van der Waals surface area contributed by atoms with Gasteiger partial charge in [-0.2, -0.15) is 0 Å². The van der Waals surface area contributed by atoms with Gasteiger partial charge in [0.2, 0.25) is 5.56 Å². The molecule has 3 rings (SSSR count). The van der Waals surface area contributed by atoms with Crippen molar-refractivity contribution in [2.45, 2.75) is 6.92 Å². The lowest BCUT2D eigenvalue weighted by atomic mass is 10.1. The Kier molecular flexibility index (Phi) is 3.81. The van der Waals surface area contributed by atoms with Crippen LogP contribution < -0.4 is 10.9 Å². The van der Waals surface area contributed by atoms with E-state index in [1.165, 1.54) is 0 Å². The number of carbonyl (C=O) groups is 1. The van der Waals surface area contributed by atoms with E-state index >= 15 is 0 Å². The number of benzene rings is 2. The fraction of sp³-hybridized carbons (Fsp3) is 0.0588. The molecule has 110 valence electrons. The number of fused-ring (bicyclic) bond motifs is 1. The molecule has 0 saturated heterocycles. The number of aromatic amines is 1. The van der Waals surface area contributed by atoms with Gasteiger partial charge in [-0.1, -0.05) is 22.0 Å². The van der Waals surface area contributed by atoms with Gasteiger partial charge < -0.3 is 10.3 Å². The molecule has 0 bridgehead atoms. The van der Waals surface area contributed by atoms with Crippen LogP contribution in [0.5, 0.6) is 0 Å². The van der Waals surface area contributed by atoms with Gasteiger partial charge in [-0.05, 0) is 48.9 Å². The van der Waals surface area contributed by atoms with E-state index in [0.29, 0.717) is 16.8 Å². The van der Waals surface area contributed by atoms with Gasteiger partial charge in [0.05, 0.1) is 5.52 Å². The van der Waals surface area contributed by atoms with Crippen LogP contribution in [0.15, 0.2) is 57.8 Å². The molecule has 2 aromatic carbocycles. The van der Waals surface area contributed by atoms with Crippen molar-refractivity contribution >= 4 is 38.4 Å². The lowest BCUT2D eigenvalue weighted by molar-refractivity contribution is 0.102. The molecule has 1 aromatic heterocycles. The molecule has 3 aromatic rings. The predicted molar refractivity (Wildman–Crippen MR) is 91.4 cm³/mol. The van der Waals surface area contributed by atoms with Gasteiger partial charge in [0.15, 0.2) is 0 Å². The van der Waals surface area contributed by atoms with Crippen molar-refractivity contribution in [3.05, 3.63) is 74.5 Å². The number of aromatic nitrogens is 1.